The van der Waals surface area contributed by atoms with E-state index in [-0.39, 0.29) is 0 Å². The largest absolute Gasteiger partial charge is 0.435 e. The zero-order valence-electron chi connectivity index (χ0n) is 19.0. The van der Waals surface area contributed by atoms with Gasteiger partial charge in [-0.15, -0.1) is 0 Å². The zero-order chi connectivity index (χ0) is 23.9. The lowest BCUT2D eigenvalue weighted by Crippen LogP contribution is -2.44. The summed E-state index contributed by atoms with van der Waals surface area (Å²) in [6.45, 7) is 6.26. The third-order valence-corrected chi connectivity index (χ3v) is 6.37. The van der Waals surface area contributed by atoms with Gasteiger partial charge in [0.05, 0.1) is 16.7 Å². The minimum Gasteiger partial charge on any atom is -0.342 e. The third-order valence-electron chi connectivity index (χ3n) is 6.37. The number of benzene rings is 1. The Labute approximate surface area is 195 Å². The lowest BCUT2D eigenvalue weighted by Gasteiger charge is -2.33. The average molecular weight is 470 g/mol. The van der Waals surface area contributed by atoms with Crippen molar-refractivity contribution in [3.63, 3.8) is 0 Å². The number of H-pyrrole nitrogens is 1. The minimum atomic E-state index is -4.48. The van der Waals surface area contributed by atoms with E-state index >= 15 is 0 Å². The number of aromatic nitrogens is 5. The molecular weight excluding hydrogens is 443 g/mol. The number of imidazole rings is 1. The molecule has 1 aromatic carbocycles. The highest BCUT2D eigenvalue weighted by Crippen LogP contribution is 2.32. The molecule has 4 heterocycles. The molecule has 10 heteroatoms. The number of nitrogens with one attached hydrogen (secondary N) is 2. The van der Waals surface area contributed by atoms with E-state index in [1.54, 1.807) is 18.2 Å². The highest BCUT2D eigenvalue weighted by molar-refractivity contribution is 5.81. The number of aryl methyl sites for hydroxylation is 1. The zero-order valence-corrected chi connectivity index (χ0v) is 19.0. The van der Waals surface area contributed by atoms with Crippen molar-refractivity contribution < 1.29 is 13.2 Å². The molecule has 1 aliphatic heterocycles. The highest BCUT2D eigenvalue weighted by Gasteiger charge is 2.34. The number of nitrogens with zero attached hydrogens (tertiary/aromatic N) is 5. The van der Waals surface area contributed by atoms with Crippen LogP contribution < -0.4 is 5.32 Å². The van der Waals surface area contributed by atoms with Gasteiger partial charge in [0.2, 0.25) is 0 Å². The molecule has 0 saturated carbocycles. The number of fused-ring (bicyclic) bond motifs is 1. The van der Waals surface area contributed by atoms with Crippen molar-refractivity contribution in [2.24, 2.45) is 7.05 Å². The number of hydrogen-bond donors (Lipinski definition) is 2. The van der Waals surface area contributed by atoms with Crippen LogP contribution in [0.3, 0.4) is 0 Å². The second-order valence-electron chi connectivity index (χ2n) is 8.67. The molecule has 34 heavy (non-hydrogen) atoms. The quantitative estimate of drug-likeness (QED) is 0.463. The maximum Gasteiger partial charge on any atom is 0.435 e. The first-order valence-electron chi connectivity index (χ1n) is 11.3. The monoisotopic (exact) mass is 469 g/mol. The molecule has 0 radical (unpaired) electrons. The Morgan fingerprint density at radius 2 is 1.88 bits per heavy atom. The van der Waals surface area contributed by atoms with Crippen LogP contribution in [0.25, 0.3) is 22.3 Å². The summed E-state index contributed by atoms with van der Waals surface area (Å²) < 4.78 is 40.4. The minimum absolute atomic E-state index is 0.308. The molecule has 0 spiro atoms. The van der Waals surface area contributed by atoms with Gasteiger partial charge in [-0.05, 0) is 42.8 Å². The lowest BCUT2D eigenvalue weighted by molar-refractivity contribution is -0.141. The summed E-state index contributed by atoms with van der Waals surface area (Å²) in [5.41, 5.74) is 3.77. The summed E-state index contributed by atoms with van der Waals surface area (Å²) in [7, 11) is 1.51. The molecule has 0 bridgehead atoms. The van der Waals surface area contributed by atoms with Gasteiger partial charge in [0.25, 0.3) is 0 Å². The van der Waals surface area contributed by atoms with Gasteiger partial charge in [-0.1, -0.05) is 6.07 Å². The van der Waals surface area contributed by atoms with E-state index in [0.717, 1.165) is 54.8 Å². The van der Waals surface area contributed by atoms with E-state index in [1.165, 1.54) is 17.3 Å². The summed E-state index contributed by atoms with van der Waals surface area (Å²) >= 11 is 0. The van der Waals surface area contributed by atoms with Crippen LogP contribution >= 0.6 is 0 Å². The molecule has 2 N–H and O–H groups in total. The van der Waals surface area contributed by atoms with Crippen molar-refractivity contribution in [1.29, 1.82) is 0 Å². The van der Waals surface area contributed by atoms with Gasteiger partial charge in [-0.3, -0.25) is 14.6 Å². The number of piperazine rings is 1. The Balaban J connectivity index is 1.37. The van der Waals surface area contributed by atoms with Gasteiger partial charge in [0.15, 0.2) is 5.69 Å². The van der Waals surface area contributed by atoms with Gasteiger partial charge in [-0.25, -0.2) is 4.98 Å². The predicted octanol–water partition coefficient (Wildman–Crippen LogP) is 3.93. The van der Waals surface area contributed by atoms with E-state index in [4.69, 9.17) is 0 Å². The van der Waals surface area contributed by atoms with Crippen LogP contribution in [0.15, 0.2) is 42.6 Å². The Hall–Kier alpha value is -3.24. The molecule has 3 aromatic heterocycles. The molecule has 1 fully saturated rings. The molecule has 4 aromatic rings. The van der Waals surface area contributed by atoms with Crippen LogP contribution in [0.1, 0.15) is 35.7 Å². The lowest BCUT2D eigenvalue weighted by atomic mass is 10.1. The fourth-order valence-electron chi connectivity index (χ4n) is 4.49. The maximum absolute atomic E-state index is 13.0. The maximum atomic E-state index is 13.0. The standard InChI is InChI=1S/C24H26F3N7/c1-15(34-9-7-28-8-10-34)16-5-6-29-18(11-16)13-23-30-19-4-3-17(12-20(19)31-23)21-14-22(24(25,26)27)32-33(21)2/h3-6,11-12,14-15,28H,7-10,13H2,1-2H3,(H,30,31). The molecular formula is C24H26F3N7. The summed E-state index contributed by atoms with van der Waals surface area (Å²) in [5.74, 6) is 0.757. The predicted molar refractivity (Wildman–Crippen MR) is 123 cm³/mol. The first-order chi connectivity index (χ1) is 16.3. The molecule has 1 atom stereocenters. The van der Waals surface area contributed by atoms with Gasteiger partial charge in [0, 0.05) is 63.1 Å². The van der Waals surface area contributed by atoms with E-state index < -0.39 is 11.9 Å². The number of aromatic amines is 1. The number of hydrogen-bond acceptors (Lipinski definition) is 5. The number of pyridine rings is 1. The third kappa shape index (κ3) is 4.55. The summed E-state index contributed by atoms with van der Waals surface area (Å²) in [6.07, 6.45) is -2.11. The van der Waals surface area contributed by atoms with Crippen molar-refractivity contribution in [3.05, 3.63) is 65.4 Å². The van der Waals surface area contributed by atoms with Crippen LogP contribution in [0.5, 0.6) is 0 Å². The summed E-state index contributed by atoms with van der Waals surface area (Å²) in [4.78, 5) is 14.9. The van der Waals surface area contributed by atoms with E-state index in [1.807, 2.05) is 6.20 Å². The Kier molecular flexibility index (Phi) is 5.86. The van der Waals surface area contributed by atoms with E-state index in [9.17, 15) is 13.2 Å². The smallest absolute Gasteiger partial charge is 0.342 e. The second kappa shape index (κ2) is 8.84. The Morgan fingerprint density at radius 3 is 2.62 bits per heavy atom. The van der Waals surface area contributed by atoms with Gasteiger partial charge >= 0.3 is 6.18 Å². The molecule has 1 unspecified atom stereocenters. The van der Waals surface area contributed by atoms with Crippen molar-refractivity contribution in [1.82, 2.24) is 34.9 Å². The number of halogens is 3. The fraction of sp³-hybridized carbons (Fsp3) is 0.375. The summed E-state index contributed by atoms with van der Waals surface area (Å²) in [5, 5.41) is 6.99. The number of alkyl halides is 3. The van der Waals surface area contributed by atoms with Crippen LogP contribution in [-0.4, -0.2) is 55.8 Å². The Morgan fingerprint density at radius 1 is 1.09 bits per heavy atom. The van der Waals surface area contributed by atoms with Crippen molar-refractivity contribution in [3.8, 4) is 11.3 Å². The average Bonchev–Trinajstić information content (AvgIpc) is 3.41. The number of rotatable bonds is 5. The fourth-order valence-corrected chi connectivity index (χ4v) is 4.49. The van der Waals surface area contributed by atoms with Gasteiger partial charge in [0.1, 0.15) is 5.82 Å². The molecule has 1 aliphatic rings. The molecule has 0 amide bonds. The van der Waals surface area contributed by atoms with Crippen molar-refractivity contribution in [2.45, 2.75) is 25.6 Å². The normalized spacial score (nSPS) is 16.3. The van der Waals surface area contributed by atoms with Crippen LogP contribution in [0, 0.1) is 0 Å². The molecule has 5 rings (SSSR count). The van der Waals surface area contributed by atoms with Crippen LogP contribution in [0.4, 0.5) is 13.2 Å². The van der Waals surface area contributed by atoms with Crippen LogP contribution in [-0.2, 0) is 19.6 Å². The molecule has 178 valence electrons. The summed E-state index contributed by atoms with van der Waals surface area (Å²) in [6, 6.07) is 10.9. The molecule has 1 saturated heterocycles. The van der Waals surface area contributed by atoms with Gasteiger partial charge in [-0.2, -0.15) is 18.3 Å². The SMILES string of the molecule is CC(c1ccnc(Cc2nc3ccc(-c4cc(C(F)(F)F)nn4C)cc3[nH]2)c1)N1CCNCC1. The van der Waals surface area contributed by atoms with E-state index in [0.29, 0.717) is 23.7 Å². The Bertz CT molecular complexity index is 1300. The molecule has 0 aliphatic carbocycles. The van der Waals surface area contributed by atoms with E-state index in [2.05, 4.69) is 49.3 Å². The topological polar surface area (TPSA) is 74.7 Å². The first kappa shape index (κ1) is 22.5. The highest BCUT2D eigenvalue weighted by atomic mass is 19.4. The second-order valence-corrected chi connectivity index (χ2v) is 8.67. The first-order valence-corrected chi connectivity index (χ1v) is 11.3. The van der Waals surface area contributed by atoms with Crippen molar-refractivity contribution >= 4 is 11.0 Å². The van der Waals surface area contributed by atoms with Gasteiger partial charge < -0.3 is 10.3 Å². The molecule has 7 nitrogen and oxygen atoms in total. The van der Waals surface area contributed by atoms with Crippen molar-refractivity contribution in [2.75, 3.05) is 26.2 Å². The van der Waals surface area contributed by atoms with Crippen LogP contribution in [0.2, 0.25) is 0 Å².